The molecule has 1 heterocycles. The number of carboxylic acid groups (broad SMARTS) is 2. The molecular weight excluding hydrogens is 407 g/mol. The molecule has 0 spiro atoms. The zero-order valence-corrected chi connectivity index (χ0v) is 17.9. The van der Waals surface area contributed by atoms with E-state index in [2.05, 4.69) is 4.98 Å². The number of aromatic nitrogens is 1. The molecule has 0 fully saturated rings. The predicted octanol–water partition coefficient (Wildman–Crippen LogP) is -3.82. The fraction of sp³-hybridized carbons (Fsp3) is 0.364. The first-order chi connectivity index (χ1) is 11.0. The Hall–Kier alpha value is -0.650. The summed E-state index contributed by atoms with van der Waals surface area (Å²) in [6, 6.07) is 2.70. The van der Waals surface area contributed by atoms with Gasteiger partial charge in [0.2, 0.25) is 5.08 Å². The topological polar surface area (TPSA) is 226 Å². The van der Waals surface area contributed by atoms with E-state index in [1.165, 1.54) is 18.3 Å². The molecule has 0 saturated heterocycles. The second-order valence-electron chi connectivity index (χ2n) is 4.41. The third-order valence-corrected chi connectivity index (χ3v) is 5.78. The monoisotopic (exact) mass is 425 g/mol. The number of rotatable bonds is 4. The van der Waals surface area contributed by atoms with Crippen molar-refractivity contribution in [3.8, 4) is 0 Å². The molecule has 2 atom stereocenters. The van der Waals surface area contributed by atoms with Crippen molar-refractivity contribution in [3.05, 3.63) is 30.1 Å². The van der Waals surface area contributed by atoms with Gasteiger partial charge in [-0.25, -0.2) is 0 Å². The number of carboxylic acids is 2. The van der Waals surface area contributed by atoms with Crippen molar-refractivity contribution in [2.24, 2.45) is 0 Å². The maximum Gasteiger partial charge on any atom is 1.00 e. The first-order valence-electron chi connectivity index (χ1n) is 6.14. The van der Waals surface area contributed by atoms with E-state index in [1.54, 1.807) is 0 Å². The summed E-state index contributed by atoms with van der Waals surface area (Å²) in [6.45, 7) is 2.17. The van der Waals surface area contributed by atoms with Crippen molar-refractivity contribution in [2.75, 3.05) is 0 Å². The second kappa shape index (κ2) is 12.7. The molecule has 12 nitrogen and oxygen atoms in total. The average molecular weight is 425 g/mol. The molecule has 1 aromatic rings. The second-order valence-corrected chi connectivity index (χ2v) is 8.38. The Morgan fingerprint density at radius 3 is 1.77 bits per heavy atom. The molecule has 1 rings (SSSR count). The summed E-state index contributed by atoms with van der Waals surface area (Å²) in [5.41, 5.74) is 0.0588. The molecule has 0 aliphatic carbocycles. The van der Waals surface area contributed by atoms with E-state index in [9.17, 15) is 19.1 Å². The van der Waals surface area contributed by atoms with Gasteiger partial charge in [-0.3, -0.25) is 19.1 Å². The molecule has 0 aromatic carbocycles. The quantitative estimate of drug-likeness (QED) is 0.202. The van der Waals surface area contributed by atoms with Gasteiger partial charge in [0.15, 0.2) is 7.60 Å². The van der Waals surface area contributed by atoms with Gasteiger partial charge in [0.1, 0.15) is 0 Å². The van der Waals surface area contributed by atoms with Gasteiger partial charge in [0.25, 0.3) is 11.9 Å². The predicted molar refractivity (Wildman–Crippen MR) is 81.4 cm³/mol. The van der Waals surface area contributed by atoms with E-state index in [0.29, 0.717) is 0 Å². The van der Waals surface area contributed by atoms with Gasteiger partial charge in [-0.2, -0.15) is 0 Å². The van der Waals surface area contributed by atoms with Crippen molar-refractivity contribution in [3.63, 3.8) is 0 Å². The molecule has 0 bridgehead atoms. The van der Waals surface area contributed by atoms with Gasteiger partial charge in [0.05, 0.1) is 0 Å². The van der Waals surface area contributed by atoms with Crippen LogP contribution in [-0.4, -0.2) is 52.0 Å². The number of carbonyl (C=O) groups is 2. The van der Waals surface area contributed by atoms with Crippen LogP contribution >= 0.6 is 15.2 Å². The molecule has 144 valence electrons. The zero-order chi connectivity index (χ0) is 20.5. The van der Waals surface area contributed by atoms with Crippen LogP contribution in [0.1, 0.15) is 19.4 Å². The van der Waals surface area contributed by atoms with Crippen LogP contribution in [0, 0.1) is 0 Å². The fourth-order valence-corrected chi connectivity index (χ4v) is 3.23. The van der Waals surface area contributed by atoms with Crippen molar-refractivity contribution < 1.29 is 83.2 Å². The molecule has 0 radical (unpaired) electrons. The largest absolute Gasteiger partial charge is 1.00 e. The van der Waals surface area contributed by atoms with E-state index in [0.717, 1.165) is 20.0 Å². The Kier molecular flexibility index (Phi) is 14.7. The summed E-state index contributed by atoms with van der Waals surface area (Å²) in [6.07, 6.45) is 1.52. The Morgan fingerprint density at radius 1 is 1.15 bits per heavy atom. The van der Waals surface area contributed by atoms with Crippen molar-refractivity contribution in [1.29, 1.82) is 0 Å². The normalized spacial score (nSPS) is 14.6. The SMILES string of the molecule is CC(=O)O.CC(=O)O.O=P([O-])(O)C(O)(Cc1cccnc1)P(=O)(O)O.[Na+]. The number of aliphatic carboxylic acids is 2. The molecule has 15 heteroatoms. The molecular formula is C11H18NNaO11P2. The number of hydrogen-bond donors (Lipinski definition) is 6. The summed E-state index contributed by atoms with van der Waals surface area (Å²) >= 11 is 0. The van der Waals surface area contributed by atoms with Crippen LogP contribution in [0.15, 0.2) is 24.5 Å². The molecule has 0 saturated carbocycles. The van der Waals surface area contributed by atoms with Crippen LogP contribution in [0.2, 0.25) is 0 Å². The van der Waals surface area contributed by atoms with Gasteiger partial charge in [-0.15, -0.1) is 0 Å². The van der Waals surface area contributed by atoms with E-state index >= 15 is 0 Å². The summed E-state index contributed by atoms with van der Waals surface area (Å²) in [4.78, 5) is 59.0. The van der Waals surface area contributed by atoms with Crippen LogP contribution < -0.4 is 34.5 Å². The zero-order valence-electron chi connectivity index (χ0n) is 14.1. The van der Waals surface area contributed by atoms with Crippen LogP contribution in [0.5, 0.6) is 0 Å². The summed E-state index contributed by atoms with van der Waals surface area (Å²) in [5, 5.41) is 20.8. The van der Waals surface area contributed by atoms with E-state index in [1.807, 2.05) is 0 Å². The first kappa shape index (κ1) is 30.1. The van der Waals surface area contributed by atoms with E-state index in [4.69, 9.17) is 34.5 Å². The van der Waals surface area contributed by atoms with Gasteiger partial charge in [-0.1, -0.05) is 6.07 Å². The molecule has 2 unspecified atom stereocenters. The number of aliphatic hydroxyl groups is 1. The first-order valence-corrected chi connectivity index (χ1v) is 9.33. The maximum absolute atomic E-state index is 11.0. The van der Waals surface area contributed by atoms with Crippen molar-refractivity contribution in [1.82, 2.24) is 4.98 Å². The minimum absolute atomic E-state index is 0. The van der Waals surface area contributed by atoms with Gasteiger partial charge in [0, 0.05) is 32.7 Å². The third kappa shape index (κ3) is 12.7. The Balaban J connectivity index is -0.000000497. The summed E-state index contributed by atoms with van der Waals surface area (Å²) in [7, 11) is -11.1. The summed E-state index contributed by atoms with van der Waals surface area (Å²) < 4.78 is 21.9. The Morgan fingerprint density at radius 2 is 1.54 bits per heavy atom. The average Bonchev–Trinajstić information content (AvgIpc) is 2.35. The standard InChI is InChI=1S/C7H11NO7P2.2C2H4O2.Na/c9-7(16(10,11)12,17(13,14)15)4-6-2-1-3-8-5-6;2*1-2(3)4;/h1-3,5,9H,4H2,(H2,10,11,12)(H2,13,14,15);2*1H3,(H,3,4);/q;;;+1/p-1. The molecule has 1 aromatic heterocycles. The maximum atomic E-state index is 11.0. The minimum atomic E-state index is -5.66. The van der Waals surface area contributed by atoms with Gasteiger partial charge >= 0.3 is 37.2 Å². The fourth-order valence-electron chi connectivity index (χ4n) is 1.14. The van der Waals surface area contributed by atoms with Gasteiger partial charge < -0.3 is 39.5 Å². The molecule has 0 aliphatic rings. The smallest absolute Gasteiger partial charge is 0.776 e. The van der Waals surface area contributed by atoms with E-state index in [-0.39, 0.29) is 35.1 Å². The molecule has 6 N–H and O–H groups in total. The summed E-state index contributed by atoms with van der Waals surface area (Å²) in [5.74, 6) is -1.67. The van der Waals surface area contributed by atoms with Crippen LogP contribution in [-0.2, 0) is 25.1 Å². The van der Waals surface area contributed by atoms with Crippen molar-refractivity contribution in [2.45, 2.75) is 25.4 Å². The number of nitrogens with zero attached hydrogens (tertiary/aromatic N) is 1. The van der Waals surface area contributed by atoms with Gasteiger partial charge in [-0.05, 0) is 11.6 Å². The van der Waals surface area contributed by atoms with E-state index < -0.39 is 38.6 Å². The molecule has 0 aliphatic heterocycles. The Labute approximate surface area is 170 Å². The molecule has 0 amide bonds. The van der Waals surface area contributed by atoms with Crippen LogP contribution in [0.25, 0.3) is 0 Å². The third-order valence-electron chi connectivity index (χ3n) is 2.08. The van der Waals surface area contributed by atoms with Crippen LogP contribution in [0.3, 0.4) is 0 Å². The number of hydrogen-bond acceptors (Lipinski definition) is 7. The number of pyridine rings is 1. The van der Waals surface area contributed by atoms with Crippen LogP contribution in [0.4, 0.5) is 0 Å². The molecule has 26 heavy (non-hydrogen) atoms. The minimum Gasteiger partial charge on any atom is -0.776 e. The van der Waals surface area contributed by atoms with Crippen molar-refractivity contribution >= 4 is 27.1 Å². The Bertz CT molecular complexity index is 615.